The first kappa shape index (κ1) is 29.0. The Morgan fingerprint density at radius 3 is 2.23 bits per heavy atom. The van der Waals surface area contributed by atoms with Crippen LogP contribution in [-0.4, -0.2) is 28.8 Å². The predicted octanol–water partition coefficient (Wildman–Crippen LogP) is 7.81. The summed E-state index contributed by atoms with van der Waals surface area (Å²) in [6, 6.07) is 15.8. The van der Waals surface area contributed by atoms with Crippen LogP contribution in [0.5, 0.6) is 0 Å². The van der Waals surface area contributed by atoms with E-state index in [2.05, 4.69) is 69.1 Å². The molecule has 1 saturated carbocycles. The topological polar surface area (TPSA) is 59.4 Å². The van der Waals surface area contributed by atoms with E-state index in [1.165, 1.54) is 41.3 Å². The van der Waals surface area contributed by atoms with Crippen molar-refractivity contribution in [2.45, 2.75) is 103 Å². The van der Waals surface area contributed by atoms with Crippen LogP contribution in [0, 0.1) is 13.8 Å². The fraction of sp³-hybridized carbons (Fsp3) is 0.486. The lowest BCUT2D eigenvalue weighted by Gasteiger charge is -2.35. The van der Waals surface area contributed by atoms with Crippen molar-refractivity contribution in [3.63, 3.8) is 0 Å². The number of aryl methyl sites for hydroxylation is 3. The number of ether oxygens (including phenoxy) is 1. The minimum absolute atomic E-state index is 0.0703. The normalized spacial score (nSPS) is 15.2. The molecule has 1 aliphatic carbocycles. The van der Waals surface area contributed by atoms with Crippen LogP contribution in [0.15, 0.2) is 54.9 Å². The fourth-order valence-corrected chi connectivity index (χ4v) is 6.59. The van der Waals surface area contributed by atoms with Crippen molar-refractivity contribution < 1.29 is 14.6 Å². The monoisotopic (exact) mass is 527 g/mol. The lowest BCUT2D eigenvalue weighted by Crippen LogP contribution is -2.31. The molecule has 39 heavy (non-hydrogen) atoms. The molecule has 208 valence electrons. The molecule has 4 nitrogen and oxygen atoms in total. The van der Waals surface area contributed by atoms with E-state index in [1.807, 2.05) is 12.3 Å². The number of aromatic nitrogens is 1. The van der Waals surface area contributed by atoms with Crippen molar-refractivity contribution in [1.82, 2.24) is 4.98 Å². The second kappa shape index (κ2) is 12.5. The van der Waals surface area contributed by atoms with Gasteiger partial charge in [0.15, 0.2) is 0 Å². The van der Waals surface area contributed by atoms with Gasteiger partial charge in [-0.05, 0) is 97.4 Å². The number of aliphatic hydroxyl groups is 1. The Morgan fingerprint density at radius 1 is 0.949 bits per heavy atom. The van der Waals surface area contributed by atoms with Gasteiger partial charge in [0.05, 0.1) is 19.1 Å². The minimum atomic E-state index is -0.479. The van der Waals surface area contributed by atoms with E-state index in [4.69, 9.17) is 4.74 Å². The maximum Gasteiger partial charge on any atom is 0.310 e. The standard InChI is InChI=1S/C35H45NO3/c1-6-35(7-2,30-12-11-28(25(3)19-30)15-18-34(38)16-9-8-10-17-34)31-13-14-32(26(4)20-31)29-21-27(23-36-24-29)22-33(37)39-5/h11-14,19-21,23-24,38H,6-10,15-18,22H2,1-5H3. The Bertz CT molecular complexity index is 1280. The Balaban J connectivity index is 1.60. The molecule has 1 N–H and O–H groups in total. The van der Waals surface area contributed by atoms with E-state index in [-0.39, 0.29) is 17.8 Å². The van der Waals surface area contributed by atoms with Crippen molar-refractivity contribution in [3.05, 3.63) is 88.2 Å². The largest absolute Gasteiger partial charge is 0.469 e. The van der Waals surface area contributed by atoms with Crippen LogP contribution in [0.1, 0.15) is 98.6 Å². The average Bonchev–Trinajstić information content (AvgIpc) is 2.94. The zero-order valence-corrected chi connectivity index (χ0v) is 24.5. The van der Waals surface area contributed by atoms with Crippen LogP contribution in [0.4, 0.5) is 0 Å². The Kier molecular flexibility index (Phi) is 9.27. The maximum absolute atomic E-state index is 11.8. The Morgan fingerprint density at radius 2 is 1.62 bits per heavy atom. The van der Waals surface area contributed by atoms with E-state index < -0.39 is 5.60 Å². The molecule has 4 rings (SSSR count). The Labute approximate surface area is 234 Å². The second-order valence-electron chi connectivity index (χ2n) is 11.6. The van der Waals surface area contributed by atoms with E-state index in [0.29, 0.717) is 0 Å². The first-order chi connectivity index (χ1) is 18.7. The summed E-state index contributed by atoms with van der Waals surface area (Å²) in [7, 11) is 1.41. The van der Waals surface area contributed by atoms with Gasteiger partial charge < -0.3 is 9.84 Å². The number of carbonyl (C=O) groups is 1. The third kappa shape index (κ3) is 6.44. The molecule has 0 bridgehead atoms. The van der Waals surface area contributed by atoms with E-state index in [9.17, 15) is 9.90 Å². The van der Waals surface area contributed by atoms with E-state index in [1.54, 1.807) is 6.20 Å². The molecule has 2 aromatic carbocycles. The van der Waals surface area contributed by atoms with Gasteiger partial charge in [-0.25, -0.2) is 0 Å². The van der Waals surface area contributed by atoms with E-state index in [0.717, 1.165) is 68.1 Å². The highest BCUT2D eigenvalue weighted by Crippen LogP contribution is 2.41. The van der Waals surface area contributed by atoms with Crippen LogP contribution < -0.4 is 0 Å². The number of benzene rings is 2. The summed E-state index contributed by atoms with van der Waals surface area (Å²) in [6.45, 7) is 8.96. The maximum atomic E-state index is 11.8. The molecule has 0 atom stereocenters. The highest BCUT2D eigenvalue weighted by atomic mass is 16.5. The van der Waals surface area contributed by atoms with Gasteiger partial charge in [0.1, 0.15) is 0 Å². The van der Waals surface area contributed by atoms with Crippen LogP contribution in [0.25, 0.3) is 11.1 Å². The van der Waals surface area contributed by atoms with Gasteiger partial charge >= 0.3 is 5.97 Å². The molecule has 0 radical (unpaired) electrons. The molecular formula is C35H45NO3. The molecule has 3 aromatic rings. The van der Waals surface area contributed by atoms with Crippen LogP contribution >= 0.6 is 0 Å². The summed E-state index contributed by atoms with van der Waals surface area (Å²) in [5.41, 5.74) is 9.01. The van der Waals surface area contributed by atoms with Crippen LogP contribution in [-0.2, 0) is 27.8 Å². The quantitative estimate of drug-likeness (QED) is 0.273. The third-order valence-electron chi connectivity index (χ3n) is 9.21. The van der Waals surface area contributed by atoms with Gasteiger partial charge in [-0.3, -0.25) is 9.78 Å². The molecule has 1 aliphatic rings. The number of carbonyl (C=O) groups excluding carboxylic acids is 1. The molecule has 0 amide bonds. The minimum Gasteiger partial charge on any atom is -0.469 e. The molecule has 0 aliphatic heterocycles. The molecule has 1 heterocycles. The average molecular weight is 528 g/mol. The van der Waals surface area contributed by atoms with Crippen molar-refractivity contribution >= 4 is 5.97 Å². The molecule has 4 heteroatoms. The smallest absolute Gasteiger partial charge is 0.310 e. The number of pyridine rings is 1. The highest BCUT2D eigenvalue weighted by Gasteiger charge is 2.32. The van der Waals surface area contributed by atoms with Gasteiger partial charge in [-0.1, -0.05) is 69.5 Å². The molecule has 1 aromatic heterocycles. The van der Waals surface area contributed by atoms with Crippen LogP contribution in [0.3, 0.4) is 0 Å². The zero-order chi connectivity index (χ0) is 28.0. The van der Waals surface area contributed by atoms with Gasteiger partial charge in [0.25, 0.3) is 0 Å². The number of nitrogens with zero attached hydrogens (tertiary/aromatic N) is 1. The van der Waals surface area contributed by atoms with Crippen molar-refractivity contribution in [3.8, 4) is 11.1 Å². The van der Waals surface area contributed by atoms with Gasteiger partial charge in [0.2, 0.25) is 0 Å². The summed E-state index contributed by atoms with van der Waals surface area (Å²) in [4.78, 5) is 16.1. The molecule has 0 unspecified atom stereocenters. The van der Waals surface area contributed by atoms with Crippen molar-refractivity contribution in [2.75, 3.05) is 7.11 Å². The number of esters is 1. The first-order valence-corrected chi connectivity index (χ1v) is 14.7. The molecule has 0 saturated heterocycles. The number of rotatable bonds is 10. The molecule has 0 spiro atoms. The summed E-state index contributed by atoms with van der Waals surface area (Å²) in [5.74, 6) is -0.261. The summed E-state index contributed by atoms with van der Waals surface area (Å²) < 4.78 is 4.83. The highest BCUT2D eigenvalue weighted by molar-refractivity contribution is 5.74. The number of hydrogen-bond acceptors (Lipinski definition) is 4. The lowest BCUT2D eigenvalue weighted by atomic mass is 9.69. The van der Waals surface area contributed by atoms with Gasteiger partial charge in [-0.2, -0.15) is 0 Å². The van der Waals surface area contributed by atoms with Crippen molar-refractivity contribution in [2.24, 2.45) is 0 Å². The van der Waals surface area contributed by atoms with E-state index >= 15 is 0 Å². The Hall–Kier alpha value is -2.98. The summed E-state index contributed by atoms with van der Waals surface area (Å²) in [5, 5.41) is 11.0. The number of hydrogen-bond donors (Lipinski definition) is 1. The lowest BCUT2D eigenvalue weighted by molar-refractivity contribution is -0.139. The number of methoxy groups -OCH3 is 1. The van der Waals surface area contributed by atoms with Gasteiger partial charge in [0, 0.05) is 23.4 Å². The second-order valence-corrected chi connectivity index (χ2v) is 11.6. The zero-order valence-electron chi connectivity index (χ0n) is 24.5. The fourth-order valence-electron chi connectivity index (χ4n) is 6.59. The third-order valence-corrected chi connectivity index (χ3v) is 9.21. The molecular weight excluding hydrogens is 482 g/mol. The molecule has 1 fully saturated rings. The summed E-state index contributed by atoms with van der Waals surface area (Å²) >= 11 is 0. The van der Waals surface area contributed by atoms with Crippen molar-refractivity contribution in [1.29, 1.82) is 0 Å². The predicted molar refractivity (Wildman–Crippen MR) is 159 cm³/mol. The van der Waals surface area contributed by atoms with Gasteiger partial charge in [-0.15, -0.1) is 0 Å². The first-order valence-electron chi connectivity index (χ1n) is 14.7. The van der Waals surface area contributed by atoms with Crippen LogP contribution in [0.2, 0.25) is 0 Å². The summed E-state index contributed by atoms with van der Waals surface area (Å²) in [6.07, 6.45) is 13.1. The SMILES string of the molecule is CCC(CC)(c1ccc(CCC2(O)CCCCC2)c(C)c1)c1ccc(-c2cncc(CC(=O)OC)c2)c(C)c1.